The smallest absolute Gasteiger partial charge is 0.343 e. The van der Waals surface area contributed by atoms with Crippen LogP contribution in [-0.4, -0.2) is 19.2 Å². The maximum Gasteiger partial charge on any atom is 1.00 e. The van der Waals surface area contributed by atoms with Crippen molar-refractivity contribution in [3.63, 3.8) is 0 Å². The molecule has 0 aromatic carbocycles. The summed E-state index contributed by atoms with van der Waals surface area (Å²) in [5, 5.41) is 0. The zero-order valence-electron chi connectivity index (χ0n) is 8.58. The molecule has 8 heteroatoms. The molecule has 0 spiro atoms. The Balaban J connectivity index is 0.00000225. The molecule has 2 atom stereocenters. The molecule has 3 nitrogen and oxygen atoms in total. The standard InChI is InChI=1S/C8H8Cl3NO2S.K/c1-3-5-4(2)6(13)12(7(5)14)15-8(9,10)11;/h4-5H,1-3H2;/q-2;+1. The van der Waals surface area contributed by atoms with Gasteiger partial charge in [-0.3, -0.25) is 9.59 Å². The van der Waals surface area contributed by atoms with Crippen molar-refractivity contribution in [2.24, 2.45) is 11.8 Å². The van der Waals surface area contributed by atoms with Crippen LogP contribution in [0.4, 0.5) is 0 Å². The van der Waals surface area contributed by atoms with Gasteiger partial charge in [-0.2, -0.15) is 6.42 Å². The van der Waals surface area contributed by atoms with Gasteiger partial charge < -0.3 is 13.8 Å². The number of imide groups is 1. The van der Waals surface area contributed by atoms with Crippen LogP contribution in [0.25, 0.3) is 0 Å². The molecule has 1 aliphatic rings. The minimum Gasteiger partial charge on any atom is -0.343 e. The molecule has 1 rings (SSSR count). The predicted octanol–water partition coefficient (Wildman–Crippen LogP) is -0.374. The van der Waals surface area contributed by atoms with Crippen LogP contribution in [0.5, 0.6) is 0 Å². The van der Waals surface area contributed by atoms with Crippen molar-refractivity contribution in [3.8, 4) is 0 Å². The van der Waals surface area contributed by atoms with E-state index in [9.17, 15) is 9.59 Å². The molecular formula is C8H8Cl3KNO2S-. The Morgan fingerprint density at radius 1 is 1.31 bits per heavy atom. The van der Waals surface area contributed by atoms with Gasteiger partial charge in [0, 0.05) is 11.9 Å². The van der Waals surface area contributed by atoms with Crippen LogP contribution in [0.1, 0.15) is 6.42 Å². The van der Waals surface area contributed by atoms with E-state index in [1.807, 2.05) is 0 Å². The van der Waals surface area contributed by atoms with Crippen LogP contribution in [0.2, 0.25) is 0 Å². The summed E-state index contributed by atoms with van der Waals surface area (Å²) in [7, 11) is 0. The van der Waals surface area contributed by atoms with Crippen molar-refractivity contribution < 1.29 is 61.0 Å². The summed E-state index contributed by atoms with van der Waals surface area (Å²) in [5.41, 5.74) is 0. The van der Waals surface area contributed by atoms with Crippen LogP contribution in [0, 0.1) is 25.7 Å². The number of alkyl halides is 3. The van der Waals surface area contributed by atoms with Crippen molar-refractivity contribution in [1.82, 2.24) is 4.31 Å². The number of carbonyl (C=O) groups excluding carboxylic acids is 2. The zero-order valence-corrected chi connectivity index (χ0v) is 14.8. The number of carbonyl (C=O) groups is 2. The largest absolute Gasteiger partial charge is 1.00 e. The minimum atomic E-state index is -1.74. The van der Waals surface area contributed by atoms with Gasteiger partial charge >= 0.3 is 51.4 Å². The Labute approximate surface area is 156 Å². The molecule has 1 fully saturated rings. The number of rotatable bonds is 2. The fourth-order valence-corrected chi connectivity index (χ4v) is 2.55. The number of hydrogen-bond donors (Lipinski definition) is 0. The van der Waals surface area contributed by atoms with Crippen molar-refractivity contribution >= 4 is 58.6 Å². The van der Waals surface area contributed by atoms with E-state index >= 15 is 0 Å². The summed E-state index contributed by atoms with van der Waals surface area (Å²) in [4.78, 5) is 23.2. The average molecular weight is 328 g/mol. The van der Waals surface area contributed by atoms with E-state index in [1.54, 1.807) is 0 Å². The summed E-state index contributed by atoms with van der Waals surface area (Å²) in [5.74, 6) is -2.00. The van der Waals surface area contributed by atoms with Crippen molar-refractivity contribution in [2.75, 3.05) is 0 Å². The summed E-state index contributed by atoms with van der Waals surface area (Å²) >= 11 is 17.0. The third kappa shape index (κ3) is 4.28. The van der Waals surface area contributed by atoms with Crippen molar-refractivity contribution in [3.05, 3.63) is 13.8 Å². The summed E-state index contributed by atoms with van der Waals surface area (Å²) < 4.78 is -0.873. The molecule has 0 bridgehead atoms. The van der Waals surface area contributed by atoms with Gasteiger partial charge in [-0.25, -0.2) is 4.31 Å². The molecule has 2 amide bonds. The molecule has 1 heterocycles. The van der Waals surface area contributed by atoms with E-state index in [0.29, 0.717) is 18.4 Å². The van der Waals surface area contributed by atoms with E-state index in [1.165, 1.54) is 0 Å². The SMILES string of the molecule is [CH2-]CC1C(=O)N(SC(Cl)(Cl)Cl)C(=O)C1[CH2-].[K+]. The van der Waals surface area contributed by atoms with Crippen LogP contribution < -0.4 is 51.4 Å². The maximum atomic E-state index is 11.7. The molecule has 0 aromatic rings. The Morgan fingerprint density at radius 2 is 1.81 bits per heavy atom. The fraction of sp³-hybridized carbons (Fsp3) is 0.500. The van der Waals surface area contributed by atoms with Crippen LogP contribution in [0.15, 0.2) is 0 Å². The van der Waals surface area contributed by atoms with E-state index in [-0.39, 0.29) is 51.4 Å². The summed E-state index contributed by atoms with van der Waals surface area (Å²) in [6.07, 6.45) is 0.301. The number of nitrogens with zero attached hydrogens (tertiary/aromatic N) is 1. The van der Waals surface area contributed by atoms with Crippen molar-refractivity contribution in [2.45, 2.75) is 9.55 Å². The van der Waals surface area contributed by atoms with Gasteiger partial charge in [-0.05, 0) is 5.92 Å². The Kier molecular flexibility index (Phi) is 7.83. The van der Waals surface area contributed by atoms with E-state index in [0.717, 1.165) is 4.31 Å². The molecule has 0 aliphatic carbocycles. The van der Waals surface area contributed by atoms with E-state index in [4.69, 9.17) is 34.8 Å². The normalized spacial score (nSPS) is 25.9. The molecular weight excluding hydrogens is 320 g/mol. The summed E-state index contributed by atoms with van der Waals surface area (Å²) in [6.45, 7) is 7.19. The number of halogens is 3. The van der Waals surface area contributed by atoms with Crippen LogP contribution in [-0.2, 0) is 9.59 Å². The van der Waals surface area contributed by atoms with Crippen LogP contribution >= 0.6 is 46.8 Å². The molecule has 0 N–H and O–H groups in total. The third-order valence-corrected chi connectivity index (χ3v) is 3.40. The predicted molar refractivity (Wildman–Crippen MR) is 62.0 cm³/mol. The first kappa shape index (κ1) is 18.0. The van der Waals surface area contributed by atoms with Gasteiger partial charge in [-0.15, -0.1) is 0 Å². The second kappa shape index (κ2) is 6.96. The monoisotopic (exact) mass is 326 g/mol. The first-order valence-corrected chi connectivity index (χ1v) is 5.94. The zero-order chi connectivity index (χ0) is 11.8. The first-order chi connectivity index (χ1) is 6.78. The van der Waals surface area contributed by atoms with Gasteiger partial charge in [0.25, 0.3) is 3.12 Å². The Morgan fingerprint density at radius 3 is 2.12 bits per heavy atom. The molecule has 0 aromatic heterocycles. The molecule has 0 radical (unpaired) electrons. The van der Waals surface area contributed by atoms with E-state index in [2.05, 4.69) is 13.8 Å². The fourth-order valence-electron chi connectivity index (χ4n) is 1.27. The molecule has 1 saturated heterocycles. The minimum absolute atomic E-state index is 0. The molecule has 16 heavy (non-hydrogen) atoms. The first-order valence-electron chi connectivity index (χ1n) is 4.04. The Hall–Kier alpha value is 2.00. The van der Waals surface area contributed by atoms with E-state index < -0.39 is 26.8 Å². The topological polar surface area (TPSA) is 37.4 Å². The number of hydrogen-bond acceptors (Lipinski definition) is 3. The Bertz CT molecular complexity index is 297. The molecule has 2 unspecified atom stereocenters. The molecule has 0 saturated carbocycles. The van der Waals surface area contributed by atoms with Gasteiger partial charge in [0.05, 0.1) is 0 Å². The second-order valence-corrected chi connectivity index (χ2v) is 7.12. The van der Waals surface area contributed by atoms with Gasteiger partial charge in [-0.1, -0.05) is 40.7 Å². The van der Waals surface area contributed by atoms with Gasteiger partial charge in [0.1, 0.15) is 0 Å². The quantitative estimate of drug-likeness (QED) is 0.228. The van der Waals surface area contributed by atoms with Gasteiger partial charge in [0.15, 0.2) is 0 Å². The molecule has 1 aliphatic heterocycles. The molecule has 86 valence electrons. The second-order valence-electron chi connectivity index (χ2n) is 3.01. The third-order valence-electron chi connectivity index (χ3n) is 2.03. The summed E-state index contributed by atoms with van der Waals surface area (Å²) in [6, 6.07) is 0. The van der Waals surface area contributed by atoms with Crippen molar-refractivity contribution in [1.29, 1.82) is 0 Å². The van der Waals surface area contributed by atoms with Crippen LogP contribution in [0.3, 0.4) is 0 Å². The average Bonchev–Trinajstić information content (AvgIpc) is 2.28. The maximum absolute atomic E-state index is 11.7. The van der Waals surface area contributed by atoms with Gasteiger partial charge in [0.2, 0.25) is 11.8 Å². The number of amides is 2.